The maximum Gasteiger partial charge on any atom is 0.158 e. The molecule has 0 saturated carbocycles. The van der Waals surface area contributed by atoms with Crippen LogP contribution in [0.5, 0.6) is 5.75 Å². The number of nitrogens with zero attached hydrogens (tertiary/aromatic N) is 3. The average molecular weight is 468 g/mol. The van der Waals surface area contributed by atoms with E-state index in [-0.39, 0.29) is 12.9 Å². The third kappa shape index (κ3) is 6.71. The van der Waals surface area contributed by atoms with Gasteiger partial charge in [-0.3, -0.25) is 0 Å². The molecule has 172 valence electrons. The SMILES string of the molecule is CNc1cnc(C#C/C=C/c2nc3ccc(OCC(C[18F])OC4CCCCO4)cc3s2)cn1. The molecule has 2 aromatic heterocycles. The lowest BCUT2D eigenvalue weighted by molar-refractivity contribution is -0.195. The minimum atomic E-state index is -0.651. The number of rotatable bonds is 8. The van der Waals surface area contributed by atoms with E-state index >= 15 is 0 Å². The molecule has 1 N–H and O–H groups in total. The van der Waals surface area contributed by atoms with E-state index in [0.717, 1.165) is 34.5 Å². The Bertz CT molecular complexity index is 1130. The van der Waals surface area contributed by atoms with Crippen molar-refractivity contribution in [3.05, 3.63) is 47.4 Å². The Morgan fingerprint density at radius 1 is 1.33 bits per heavy atom. The number of halogens is 1. The molecular weight excluding hydrogens is 442 g/mol. The van der Waals surface area contributed by atoms with E-state index in [0.29, 0.717) is 23.9 Å². The Balaban J connectivity index is 1.33. The highest BCUT2D eigenvalue weighted by Gasteiger charge is 2.20. The summed E-state index contributed by atoms with van der Waals surface area (Å²) in [7, 11) is 1.79. The number of nitrogens with one attached hydrogen (secondary N) is 1. The molecule has 7 nitrogen and oxygen atoms in total. The Morgan fingerprint density at radius 2 is 2.27 bits per heavy atom. The molecule has 1 fully saturated rings. The van der Waals surface area contributed by atoms with E-state index in [1.807, 2.05) is 24.3 Å². The van der Waals surface area contributed by atoms with Gasteiger partial charge in [-0.15, -0.1) is 11.3 Å². The zero-order valence-corrected chi connectivity index (χ0v) is 19.1. The van der Waals surface area contributed by atoms with Gasteiger partial charge in [-0.1, -0.05) is 5.92 Å². The zero-order chi connectivity index (χ0) is 22.9. The fourth-order valence-electron chi connectivity index (χ4n) is 3.18. The quantitative estimate of drug-likeness (QED) is 0.490. The molecule has 0 amide bonds. The molecule has 2 atom stereocenters. The van der Waals surface area contributed by atoms with Crippen molar-refractivity contribution in [2.24, 2.45) is 0 Å². The van der Waals surface area contributed by atoms with Crippen LogP contribution in [0.25, 0.3) is 16.3 Å². The maximum atomic E-state index is 13.4. The summed E-state index contributed by atoms with van der Waals surface area (Å²) in [5.41, 5.74) is 1.46. The minimum absolute atomic E-state index is 0.126. The van der Waals surface area contributed by atoms with Crippen LogP contribution in [0.15, 0.2) is 36.7 Å². The molecule has 2 unspecified atom stereocenters. The number of anilines is 1. The fourth-order valence-corrected chi connectivity index (χ4v) is 4.08. The molecule has 1 aliphatic rings. The lowest BCUT2D eigenvalue weighted by atomic mass is 10.2. The Labute approximate surface area is 196 Å². The number of hydrogen-bond acceptors (Lipinski definition) is 8. The molecule has 0 radical (unpaired) electrons. The summed E-state index contributed by atoms with van der Waals surface area (Å²) >= 11 is 1.52. The molecule has 0 bridgehead atoms. The first kappa shape index (κ1) is 23.1. The normalized spacial score (nSPS) is 17.0. The molecule has 0 spiro atoms. The number of benzene rings is 1. The van der Waals surface area contributed by atoms with Gasteiger partial charge >= 0.3 is 0 Å². The molecule has 1 aromatic carbocycles. The van der Waals surface area contributed by atoms with E-state index < -0.39 is 12.8 Å². The molecule has 1 saturated heterocycles. The second-order valence-electron chi connectivity index (χ2n) is 7.34. The average Bonchev–Trinajstić information content (AvgIpc) is 3.27. The molecule has 3 heterocycles. The maximum absolute atomic E-state index is 13.4. The van der Waals surface area contributed by atoms with Crippen LogP contribution < -0.4 is 10.1 Å². The van der Waals surface area contributed by atoms with Crippen LogP contribution in [-0.2, 0) is 9.47 Å². The third-order valence-electron chi connectivity index (χ3n) is 4.88. The van der Waals surface area contributed by atoms with Crippen molar-refractivity contribution in [3.8, 4) is 17.6 Å². The summed E-state index contributed by atoms with van der Waals surface area (Å²) in [6.45, 7) is 0.165. The highest BCUT2D eigenvalue weighted by Crippen LogP contribution is 2.27. The van der Waals surface area contributed by atoms with E-state index in [2.05, 4.69) is 32.1 Å². The van der Waals surface area contributed by atoms with Crippen LogP contribution in [0.4, 0.5) is 10.2 Å². The fraction of sp³-hybridized carbons (Fsp3) is 0.375. The number of alkyl halides is 1. The van der Waals surface area contributed by atoms with E-state index in [1.54, 1.807) is 25.5 Å². The number of aromatic nitrogens is 3. The van der Waals surface area contributed by atoms with Crippen LogP contribution in [0.1, 0.15) is 30.0 Å². The second kappa shape index (κ2) is 11.7. The first-order valence-corrected chi connectivity index (χ1v) is 11.6. The highest BCUT2D eigenvalue weighted by atomic mass is 32.1. The minimum Gasteiger partial charge on any atom is -0.491 e. The number of allylic oxidation sites excluding steroid dienone is 1. The van der Waals surface area contributed by atoms with Gasteiger partial charge in [0.2, 0.25) is 0 Å². The number of hydrogen-bond donors (Lipinski definition) is 1. The van der Waals surface area contributed by atoms with Crippen molar-refractivity contribution in [2.45, 2.75) is 31.7 Å². The van der Waals surface area contributed by atoms with Crippen LogP contribution >= 0.6 is 11.3 Å². The van der Waals surface area contributed by atoms with Gasteiger partial charge in [0.25, 0.3) is 0 Å². The standard InChI is InChI=1S/C24H25FN4O3S/c1-26-22-15-27-17(14-28-22)6-2-3-7-23-29-20-10-9-18(12-21(20)33-23)31-16-19(13-25)32-24-8-4-5-11-30-24/h3,7,9-10,12,14-15,19,24H,4-5,8,11,13,16H2,1H3,(H,26,28)/b7-3+/i25-1. The Morgan fingerprint density at radius 3 is 3.03 bits per heavy atom. The van der Waals surface area contributed by atoms with Crippen molar-refractivity contribution < 1.29 is 18.6 Å². The third-order valence-corrected chi connectivity index (χ3v) is 5.87. The lowest BCUT2D eigenvalue weighted by Crippen LogP contribution is -2.32. The highest BCUT2D eigenvalue weighted by molar-refractivity contribution is 7.19. The van der Waals surface area contributed by atoms with Gasteiger partial charge in [0.15, 0.2) is 6.29 Å². The van der Waals surface area contributed by atoms with E-state index in [4.69, 9.17) is 14.2 Å². The first-order chi connectivity index (χ1) is 16.2. The van der Waals surface area contributed by atoms with Crippen LogP contribution in [0, 0.1) is 11.8 Å². The van der Waals surface area contributed by atoms with Crippen LogP contribution in [0.2, 0.25) is 0 Å². The van der Waals surface area contributed by atoms with Crippen molar-refractivity contribution in [1.82, 2.24) is 15.0 Å². The predicted molar refractivity (Wildman–Crippen MR) is 127 cm³/mol. The van der Waals surface area contributed by atoms with E-state index in [1.165, 1.54) is 11.3 Å². The largest absolute Gasteiger partial charge is 0.491 e. The number of thiazole rings is 1. The number of ether oxygens (including phenoxy) is 3. The van der Waals surface area contributed by atoms with Crippen LogP contribution in [-0.4, -0.2) is 54.3 Å². The van der Waals surface area contributed by atoms with Crippen LogP contribution in [0.3, 0.4) is 0 Å². The van der Waals surface area contributed by atoms with Gasteiger partial charge in [0.05, 0.1) is 22.6 Å². The summed E-state index contributed by atoms with van der Waals surface area (Å²) in [5.74, 6) is 7.23. The lowest BCUT2D eigenvalue weighted by Gasteiger charge is -2.26. The Hall–Kier alpha value is -3.06. The van der Waals surface area contributed by atoms with Gasteiger partial charge in [-0.25, -0.2) is 19.3 Å². The predicted octanol–water partition coefficient (Wildman–Crippen LogP) is 4.45. The molecule has 3 aromatic rings. The van der Waals surface area contributed by atoms with E-state index in [9.17, 15) is 4.39 Å². The van der Waals surface area contributed by atoms with Crippen molar-refractivity contribution >= 4 is 33.4 Å². The first-order valence-electron chi connectivity index (χ1n) is 10.8. The van der Waals surface area contributed by atoms with Crippen molar-refractivity contribution in [3.63, 3.8) is 0 Å². The summed E-state index contributed by atoms with van der Waals surface area (Å²) in [5, 5.41) is 3.74. The molecule has 0 aliphatic carbocycles. The van der Waals surface area contributed by atoms with Crippen molar-refractivity contribution in [2.75, 3.05) is 32.3 Å². The molecule has 1 aliphatic heterocycles. The van der Waals surface area contributed by atoms with Gasteiger partial charge in [0, 0.05) is 13.7 Å². The van der Waals surface area contributed by atoms with Gasteiger partial charge < -0.3 is 19.5 Å². The Kier molecular flexibility index (Phi) is 8.19. The smallest absolute Gasteiger partial charge is 0.158 e. The molecule has 9 heteroatoms. The second-order valence-corrected chi connectivity index (χ2v) is 8.40. The topological polar surface area (TPSA) is 78.4 Å². The number of fused-ring (bicyclic) bond motifs is 1. The molecule has 33 heavy (non-hydrogen) atoms. The summed E-state index contributed by atoms with van der Waals surface area (Å²) in [6, 6.07) is 5.62. The van der Waals surface area contributed by atoms with Gasteiger partial charge in [-0.05, 0) is 55.5 Å². The molecular formula is C24H25FN4O3S. The molecule has 4 rings (SSSR count). The van der Waals surface area contributed by atoms with Crippen molar-refractivity contribution in [1.29, 1.82) is 0 Å². The summed E-state index contributed by atoms with van der Waals surface area (Å²) < 4.78 is 31.3. The monoisotopic (exact) mass is 467 g/mol. The summed E-state index contributed by atoms with van der Waals surface area (Å²) in [4.78, 5) is 13.0. The van der Waals surface area contributed by atoms with Gasteiger partial charge in [0.1, 0.15) is 41.7 Å². The summed E-state index contributed by atoms with van der Waals surface area (Å²) in [6.07, 6.45) is 8.69. The van der Waals surface area contributed by atoms with Gasteiger partial charge in [-0.2, -0.15) is 0 Å². The zero-order valence-electron chi connectivity index (χ0n) is 18.3.